The number of anilines is 1. The molecule has 0 saturated carbocycles. The number of nitrogens with zero attached hydrogens (tertiary/aromatic N) is 1. The number of carbonyl (C=O) groups is 1. The minimum absolute atomic E-state index is 0.00623. The van der Waals surface area contributed by atoms with E-state index in [2.05, 4.69) is 4.99 Å². The van der Waals surface area contributed by atoms with Crippen LogP contribution in [0.25, 0.3) is 0 Å². The largest absolute Gasteiger partial charge is 0.455 e. The Kier molecular flexibility index (Phi) is 3.76. The SMILES string of the molecule is Cc1ccc2c(c1)N=CC(C(=O)C(F)(F)F)=C(C(F)(F)F)N2. The molecule has 0 aliphatic carbocycles. The maximum absolute atomic E-state index is 13.0. The second-order valence-corrected chi connectivity index (χ2v) is 4.52. The minimum atomic E-state index is -5.44. The van der Waals surface area contributed by atoms with Crippen LogP contribution < -0.4 is 5.32 Å². The fourth-order valence-electron chi connectivity index (χ4n) is 1.80. The van der Waals surface area contributed by atoms with Crippen molar-refractivity contribution >= 4 is 23.4 Å². The summed E-state index contributed by atoms with van der Waals surface area (Å²) < 4.78 is 76.4. The number of allylic oxidation sites excluding steroid dienone is 2. The first-order valence-corrected chi connectivity index (χ1v) is 5.85. The molecule has 22 heavy (non-hydrogen) atoms. The van der Waals surface area contributed by atoms with Gasteiger partial charge in [0, 0.05) is 6.21 Å². The smallest absolute Gasteiger partial charge is 0.349 e. The highest BCUT2D eigenvalue weighted by Gasteiger charge is 2.47. The number of fused-ring (bicyclic) bond motifs is 1. The number of rotatable bonds is 1. The van der Waals surface area contributed by atoms with Gasteiger partial charge in [0.25, 0.3) is 5.78 Å². The van der Waals surface area contributed by atoms with Crippen molar-refractivity contribution in [2.45, 2.75) is 19.3 Å². The third kappa shape index (κ3) is 3.12. The van der Waals surface area contributed by atoms with Gasteiger partial charge in [0.2, 0.25) is 0 Å². The lowest BCUT2D eigenvalue weighted by atomic mass is 10.1. The van der Waals surface area contributed by atoms with Gasteiger partial charge in [-0.3, -0.25) is 9.79 Å². The van der Waals surface area contributed by atoms with E-state index in [4.69, 9.17) is 0 Å². The molecule has 0 spiro atoms. The third-order valence-corrected chi connectivity index (χ3v) is 2.80. The summed E-state index contributed by atoms with van der Waals surface area (Å²) in [6, 6.07) is 4.09. The molecule has 0 aromatic heterocycles. The molecule has 0 amide bonds. The van der Waals surface area contributed by atoms with E-state index in [1.807, 2.05) is 5.32 Å². The van der Waals surface area contributed by atoms with Gasteiger partial charge in [0.05, 0.1) is 16.9 Å². The highest BCUT2D eigenvalue weighted by atomic mass is 19.4. The van der Waals surface area contributed by atoms with Gasteiger partial charge in [-0.05, 0) is 24.6 Å². The van der Waals surface area contributed by atoms with Crippen LogP contribution in [0, 0.1) is 6.92 Å². The number of nitrogens with one attached hydrogen (secondary N) is 1. The summed E-state index contributed by atoms with van der Waals surface area (Å²) in [4.78, 5) is 14.8. The summed E-state index contributed by atoms with van der Waals surface area (Å²) in [5, 5.41) is 1.84. The number of Topliss-reactive ketones (excluding diaryl/α,β-unsaturated/α-hetero) is 1. The van der Waals surface area contributed by atoms with E-state index in [-0.39, 0.29) is 17.6 Å². The standard InChI is InChI=1S/C13H8F6N2O/c1-6-2-3-8-9(4-6)20-5-7(11(22)13(17,18)19)10(21-8)12(14,15)16/h2-5,21H,1H3. The number of halogens is 6. The van der Waals surface area contributed by atoms with Gasteiger partial charge in [-0.15, -0.1) is 0 Å². The van der Waals surface area contributed by atoms with E-state index in [0.717, 1.165) is 0 Å². The molecule has 2 rings (SSSR count). The number of hydrogen-bond donors (Lipinski definition) is 1. The topological polar surface area (TPSA) is 41.5 Å². The van der Waals surface area contributed by atoms with E-state index in [0.29, 0.717) is 5.56 Å². The zero-order valence-electron chi connectivity index (χ0n) is 10.9. The molecule has 1 N–H and O–H groups in total. The van der Waals surface area contributed by atoms with Crippen molar-refractivity contribution in [1.29, 1.82) is 0 Å². The minimum Gasteiger partial charge on any atom is -0.349 e. The van der Waals surface area contributed by atoms with E-state index in [1.165, 1.54) is 18.2 Å². The molecule has 0 atom stereocenters. The van der Waals surface area contributed by atoms with Crippen LogP contribution in [-0.2, 0) is 4.79 Å². The average molecular weight is 322 g/mol. The summed E-state index contributed by atoms with van der Waals surface area (Å²) in [6.45, 7) is 1.64. The van der Waals surface area contributed by atoms with E-state index in [9.17, 15) is 31.1 Å². The molecular weight excluding hydrogens is 314 g/mol. The Morgan fingerprint density at radius 3 is 2.32 bits per heavy atom. The molecule has 1 aliphatic rings. The van der Waals surface area contributed by atoms with Crippen molar-refractivity contribution < 1.29 is 31.1 Å². The first-order chi connectivity index (χ1) is 10.00. The molecule has 1 heterocycles. The molecule has 1 aromatic rings. The Morgan fingerprint density at radius 2 is 1.77 bits per heavy atom. The summed E-state index contributed by atoms with van der Waals surface area (Å²) in [6.07, 6.45) is -10.3. The van der Waals surface area contributed by atoms with Crippen molar-refractivity contribution in [2.75, 3.05) is 5.32 Å². The van der Waals surface area contributed by atoms with E-state index >= 15 is 0 Å². The van der Waals surface area contributed by atoms with Crippen LogP contribution >= 0.6 is 0 Å². The number of ketones is 1. The van der Waals surface area contributed by atoms with Crippen LogP contribution in [0.1, 0.15) is 5.56 Å². The first-order valence-electron chi connectivity index (χ1n) is 5.85. The molecule has 118 valence electrons. The number of benzene rings is 1. The van der Waals surface area contributed by atoms with E-state index in [1.54, 1.807) is 6.92 Å². The van der Waals surface area contributed by atoms with Crippen LogP contribution in [0.4, 0.5) is 37.7 Å². The molecule has 1 aromatic carbocycles. The van der Waals surface area contributed by atoms with Crippen molar-refractivity contribution in [3.63, 3.8) is 0 Å². The monoisotopic (exact) mass is 322 g/mol. The Hall–Kier alpha value is -2.32. The molecule has 0 saturated heterocycles. The zero-order valence-corrected chi connectivity index (χ0v) is 10.9. The molecular formula is C13H8F6N2O. The lowest BCUT2D eigenvalue weighted by Gasteiger charge is -2.17. The number of aliphatic imine (C=N–C) groups is 1. The Balaban J connectivity index is 2.63. The summed E-state index contributed by atoms with van der Waals surface area (Å²) in [5.41, 5.74) is -2.85. The number of hydrogen-bond acceptors (Lipinski definition) is 3. The Morgan fingerprint density at radius 1 is 1.14 bits per heavy atom. The highest BCUT2D eigenvalue weighted by Crippen LogP contribution is 2.37. The average Bonchev–Trinajstić information content (AvgIpc) is 2.55. The fourth-order valence-corrected chi connectivity index (χ4v) is 1.80. The summed E-state index contributed by atoms with van der Waals surface area (Å²) >= 11 is 0. The van der Waals surface area contributed by atoms with Gasteiger partial charge < -0.3 is 5.32 Å². The molecule has 1 aliphatic heterocycles. The maximum atomic E-state index is 13.0. The Labute approximate surface area is 120 Å². The Bertz CT molecular complexity index is 685. The summed E-state index contributed by atoms with van der Waals surface area (Å²) in [7, 11) is 0. The molecule has 0 radical (unpaired) electrons. The van der Waals surface area contributed by atoms with Gasteiger partial charge in [-0.1, -0.05) is 6.07 Å². The van der Waals surface area contributed by atoms with Crippen molar-refractivity contribution in [2.24, 2.45) is 4.99 Å². The lowest BCUT2D eigenvalue weighted by Crippen LogP contribution is -2.31. The van der Waals surface area contributed by atoms with Gasteiger partial charge in [-0.25, -0.2) is 0 Å². The van der Waals surface area contributed by atoms with Crippen LogP contribution in [0.2, 0.25) is 0 Å². The van der Waals surface area contributed by atoms with Crippen molar-refractivity contribution in [1.82, 2.24) is 0 Å². The first kappa shape index (κ1) is 16.1. The van der Waals surface area contributed by atoms with Gasteiger partial charge in [0.1, 0.15) is 5.70 Å². The third-order valence-electron chi connectivity index (χ3n) is 2.80. The van der Waals surface area contributed by atoms with Crippen LogP contribution in [0.5, 0.6) is 0 Å². The normalized spacial score (nSPS) is 15.2. The number of alkyl halides is 6. The molecule has 0 unspecified atom stereocenters. The van der Waals surface area contributed by atoms with Crippen LogP contribution in [0.3, 0.4) is 0 Å². The van der Waals surface area contributed by atoms with E-state index < -0.39 is 29.4 Å². The van der Waals surface area contributed by atoms with Crippen molar-refractivity contribution in [3.8, 4) is 0 Å². The van der Waals surface area contributed by atoms with Gasteiger partial charge in [0.15, 0.2) is 0 Å². The molecule has 3 nitrogen and oxygen atoms in total. The van der Waals surface area contributed by atoms with Gasteiger partial charge in [-0.2, -0.15) is 26.3 Å². The molecule has 9 heteroatoms. The van der Waals surface area contributed by atoms with Crippen molar-refractivity contribution in [3.05, 3.63) is 35.0 Å². The van der Waals surface area contributed by atoms with Crippen LogP contribution in [-0.4, -0.2) is 24.4 Å². The molecule has 0 fully saturated rings. The van der Waals surface area contributed by atoms with Crippen LogP contribution in [0.15, 0.2) is 34.5 Å². The second kappa shape index (κ2) is 5.15. The summed E-state index contributed by atoms with van der Waals surface area (Å²) in [5.74, 6) is -2.61. The second-order valence-electron chi connectivity index (χ2n) is 4.52. The maximum Gasteiger partial charge on any atom is 0.455 e. The lowest BCUT2D eigenvalue weighted by molar-refractivity contribution is -0.166. The number of carbonyl (C=O) groups excluding carboxylic acids is 1. The molecule has 0 bridgehead atoms. The predicted octanol–water partition coefficient (Wildman–Crippen LogP) is 4.07. The quantitative estimate of drug-likeness (QED) is 0.792. The zero-order chi connectivity index (χ0) is 16.7. The number of aryl methyl sites for hydroxylation is 1. The predicted molar refractivity (Wildman–Crippen MR) is 67.1 cm³/mol. The highest BCUT2D eigenvalue weighted by molar-refractivity contribution is 6.17. The fraction of sp³-hybridized carbons (Fsp3) is 0.231. The van der Waals surface area contributed by atoms with Gasteiger partial charge >= 0.3 is 12.4 Å².